The number of aromatic nitrogens is 2. The largest absolute Gasteiger partial charge is 0.465 e. The SMILES string of the molecule is Cc1ccc(CN2Cc3ccnn3C(CCNC(=O)CC3CC3)C2)o1. The van der Waals surface area contributed by atoms with Crippen molar-refractivity contribution in [2.75, 3.05) is 13.1 Å². The molecule has 2 aromatic heterocycles. The van der Waals surface area contributed by atoms with Gasteiger partial charge < -0.3 is 9.73 Å². The summed E-state index contributed by atoms with van der Waals surface area (Å²) in [6.45, 7) is 5.30. The number of carbonyl (C=O) groups excluding carboxylic acids is 1. The Bertz CT molecular complexity index is 731. The first kappa shape index (κ1) is 16.4. The summed E-state index contributed by atoms with van der Waals surface area (Å²) in [5, 5.41) is 7.57. The van der Waals surface area contributed by atoms with E-state index in [-0.39, 0.29) is 11.9 Å². The minimum Gasteiger partial charge on any atom is -0.465 e. The smallest absolute Gasteiger partial charge is 0.220 e. The van der Waals surface area contributed by atoms with E-state index in [1.54, 1.807) is 0 Å². The Hall–Kier alpha value is -2.08. The first-order valence-corrected chi connectivity index (χ1v) is 9.24. The molecule has 1 N–H and O–H groups in total. The summed E-state index contributed by atoms with van der Waals surface area (Å²) in [6.07, 6.45) is 5.90. The maximum Gasteiger partial charge on any atom is 0.220 e. The molecule has 2 aliphatic rings. The van der Waals surface area contributed by atoms with Crippen molar-refractivity contribution in [3.8, 4) is 0 Å². The van der Waals surface area contributed by atoms with Gasteiger partial charge in [0.05, 0.1) is 18.3 Å². The van der Waals surface area contributed by atoms with Gasteiger partial charge in [0.2, 0.25) is 5.91 Å². The molecule has 1 aliphatic heterocycles. The normalized spacial score (nSPS) is 20.4. The van der Waals surface area contributed by atoms with E-state index < -0.39 is 0 Å². The van der Waals surface area contributed by atoms with Gasteiger partial charge in [-0.15, -0.1) is 0 Å². The Morgan fingerprint density at radius 1 is 1.36 bits per heavy atom. The lowest BCUT2D eigenvalue weighted by atomic mass is 10.1. The summed E-state index contributed by atoms with van der Waals surface area (Å²) in [7, 11) is 0. The molecule has 0 spiro atoms. The summed E-state index contributed by atoms with van der Waals surface area (Å²) >= 11 is 0. The number of carbonyl (C=O) groups is 1. The van der Waals surface area contributed by atoms with Crippen LogP contribution in [-0.2, 0) is 17.9 Å². The molecular formula is C19H26N4O2. The number of furan rings is 1. The summed E-state index contributed by atoms with van der Waals surface area (Å²) < 4.78 is 7.85. The van der Waals surface area contributed by atoms with Crippen LogP contribution >= 0.6 is 0 Å². The van der Waals surface area contributed by atoms with Crippen LogP contribution in [0.2, 0.25) is 0 Å². The van der Waals surface area contributed by atoms with Crippen molar-refractivity contribution in [2.45, 2.75) is 51.7 Å². The first-order chi connectivity index (χ1) is 12.2. The molecule has 1 atom stereocenters. The quantitative estimate of drug-likeness (QED) is 0.840. The second kappa shape index (κ2) is 7.04. The van der Waals surface area contributed by atoms with Crippen molar-refractivity contribution in [1.29, 1.82) is 0 Å². The van der Waals surface area contributed by atoms with Crippen molar-refractivity contribution >= 4 is 5.91 Å². The van der Waals surface area contributed by atoms with Gasteiger partial charge in [-0.3, -0.25) is 14.4 Å². The maximum atomic E-state index is 11.9. The Balaban J connectivity index is 1.34. The molecular weight excluding hydrogens is 316 g/mol. The summed E-state index contributed by atoms with van der Waals surface area (Å²) in [5.41, 5.74) is 1.23. The third-order valence-corrected chi connectivity index (χ3v) is 5.10. The lowest BCUT2D eigenvalue weighted by Crippen LogP contribution is -2.38. The van der Waals surface area contributed by atoms with Crippen LogP contribution in [0.3, 0.4) is 0 Å². The zero-order valence-corrected chi connectivity index (χ0v) is 14.8. The number of hydrogen-bond acceptors (Lipinski definition) is 4. The number of nitrogens with zero attached hydrogens (tertiary/aromatic N) is 3. The van der Waals surface area contributed by atoms with Crippen molar-refractivity contribution in [1.82, 2.24) is 20.0 Å². The van der Waals surface area contributed by atoms with Crippen molar-refractivity contribution in [3.05, 3.63) is 41.6 Å². The van der Waals surface area contributed by atoms with Crippen LogP contribution in [0.15, 0.2) is 28.8 Å². The fourth-order valence-corrected chi connectivity index (χ4v) is 3.62. The van der Waals surface area contributed by atoms with E-state index >= 15 is 0 Å². The highest BCUT2D eigenvalue weighted by molar-refractivity contribution is 5.76. The summed E-state index contributed by atoms with van der Waals surface area (Å²) in [6, 6.07) is 6.43. The van der Waals surface area contributed by atoms with Crippen LogP contribution in [0.1, 0.15) is 48.9 Å². The topological polar surface area (TPSA) is 63.3 Å². The fourth-order valence-electron chi connectivity index (χ4n) is 3.62. The summed E-state index contributed by atoms with van der Waals surface area (Å²) in [4.78, 5) is 14.3. The van der Waals surface area contributed by atoms with Gasteiger partial charge in [0.1, 0.15) is 11.5 Å². The third kappa shape index (κ3) is 4.12. The number of fused-ring (bicyclic) bond motifs is 1. The van der Waals surface area contributed by atoms with Crippen LogP contribution in [0, 0.1) is 12.8 Å². The molecule has 1 unspecified atom stereocenters. The van der Waals surface area contributed by atoms with Crippen molar-refractivity contribution < 1.29 is 9.21 Å². The highest BCUT2D eigenvalue weighted by Crippen LogP contribution is 2.32. The zero-order valence-electron chi connectivity index (χ0n) is 14.8. The van der Waals surface area contributed by atoms with Crippen LogP contribution in [0.4, 0.5) is 0 Å². The molecule has 4 rings (SSSR count). The second-order valence-corrected chi connectivity index (χ2v) is 7.39. The highest BCUT2D eigenvalue weighted by Gasteiger charge is 2.27. The molecule has 134 valence electrons. The van der Waals surface area contributed by atoms with Crippen molar-refractivity contribution in [3.63, 3.8) is 0 Å². The predicted octanol–water partition coefficient (Wildman–Crippen LogP) is 2.65. The Morgan fingerprint density at radius 3 is 3.00 bits per heavy atom. The third-order valence-electron chi connectivity index (χ3n) is 5.10. The molecule has 1 fully saturated rings. The molecule has 2 aromatic rings. The van der Waals surface area contributed by atoms with E-state index in [0.717, 1.165) is 37.6 Å². The van der Waals surface area contributed by atoms with Gasteiger partial charge in [0, 0.05) is 32.3 Å². The van der Waals surface area contributed by atoms with Gasteiger partial charge in [-0.05, 0) is 50.3 Å². The number of aryl methyl sites for hydroxylation is 1. The van der Waals surface area contributed by atoms with Crippen LogP contribution in [0.5, 0.6) is 0 Å². The standard InChI is InChI=1S/C19H26N4O2/c1-14-2-5-18(25-14)13-22-11-16(23-17(12-22)7-9-21-23)6-8-20-19(24)10-15-3-4-15/h2,5,7,9,15-16H,3-4,6,8,10-13H2,1H3,(H,20,24). The van der Waals surface area contributed by atoms with Gasteiger partial charge in [-0.2, -0.15) is 5.10 Å². The predicted molar refractivity (Wildman–Crippen MR) is 93.8 cm³/mol. The zero-order chi connectivity index (χ0) is 17.2. The maximum absolute atomic E-state index is 11.9. The Labute approximate surface area is 148 Å². The number of rotatable bonds is 7. The van der Waals surface area contributed by atoms with E-state index in [2.05, 4.69) is 26.1 Å². The average Bonchev–Trinajstić information content (AvgIpc) is 3.09. The van der Waals surface area contributed by atoms with Gasteiger partial charge in [0.25, 0.3) is 0 Å². The molecule has 6 nitrogen and oxygen atoms in total. The minimum atomic E-state index is 0.196. The van der Waals surface area contributed by atoms with Crippen LogP contribution in [0.25, 0.3) is 0 Å². The van der Waals surface area contributed by atoms with E-state index in [4.69, 9.17) is 4.42 Å². The second-order valence-electron chi connectivity index (χ2n) is 7.39. The molecule has 0 aromatic carbocycles. The lowest BCUT2D eigenvalue weighted by molar-refractivity contribution is -0.121. The monoisotopic (exact) mass is 342 g/mol. The van der Waals surface area contributed by atoms with Crippen LogP contribution < -0.4 is 5.32 Å². The number of hydrogen-bond donors (Lipinski definition) is 1. The molecule has 0 bridgehead atoms. The Morgan fingerprint density at radius 2 is 2.24 bits per heavy atom. The van der Waals surface area contributed by atoms with E-state index in [0.29, 0.717) is 18.9 Å². The van der Waals surface area contributed by atoms with Crippen LogP contribution in [-0.4, -0.2) is 33.7 Å². The fraction of sp³-hybridized carbons (Fsp3) is 0.579. The average molecular weight is 342 g/mol. The molecule has 1 aliphatic carbocycles. The summed E-state index contributed by atoms with van der Waals surface area (Å²) in [5.74, 6) is 2.79. The molecule has 1 saturated carbocycles. The lowest BCUT2D eigenvalue weighted by Gasteiger charge is -2.33. The molecule has 3 heterocycles. The number of amides is 1. The molecule has 1 amide bonds. The van der Waals surface area contributed by atoms with Gasteiger partial charge >= 0.3 is 0 Å². The molecule has 0 saturated heterocycles. The van der Waals surface area contributed by atoms with Gasteiger partial charge in [-0.1, -0.05) is 0 Å². The van der Waals surface area contributed by atoms with E-state index in [1.165, 1.54) is 18.5 Å². The highest BCUT2D eigenvalue weighted by atomic mass is 16.3. The van der Waals surface area contributed by atoms with E-state index in [9.17, 15) is 4.79 Å². The van der Waals surface area contributed by atoms with Gasteiger partial charge in [0.15, 0.2) is 0 Å². The molecule has 6 heteroatoms. The Kier molecular flexibility index (Phi) is 4.61. The van der Waals surface area contributed by atoms with E-state index in [1.807, 2.05) is 25.3 Å². The minimum absolute atomic E-state index is 0.196. The first-order valence-electron chi connectivity index (χ1n) is 9.24. The molecule has 25 heavy (non-hydrogen) atoms. The molecule has 0 radical (unpaired) electrons. The van der Waals surface area contributed by atoms with Crippen molar-refractivity contribution in [2.24, 2.45) is 5.92 Å². The van der Waals surface area contributed by atoms with Gasteiger partial charge in [-0.25, -0.2) is 0 Å². The number of nitrogens with one attached hydrogen (secondary N) is 1.